The Labute approximate surface area is 52.3 Å². The van der Waals surface area contributed by atoms with Crippen molar-refractivity contribution in [2.45, 2.75) is 39.7 Å². The van der Waals surface area contributed by atoms with Crippen LogP contribution < -0.4 is 5.73 Å². The molecule has 0 unspecified atom stereocenters. The smallest absolute Gasteiger partial charge is 0.0817 e. The van der Waals surface area contributed by atoms with Crippen LogP contribution in [0.5, 0.6) is 0 Å². The van der Waals surface area contributed by atoms with Gasteiger partial charge in [-0.05, 0) is 12.8 Å². The third-order valence-corrected chi connectivity index (χ3v) is 1.50. The molecule has 0 saturated heterocycles. The summed E-state index contributed by atoms with van der Waals surface area (Å²) >= 11 is 0. The van der Waals surface area contributed by atoms with Gasteiger partial charge in [-0.15, -0.1) is 0 Å². The first-order valence-electron chi connectivity index (χ1n) is 3.49. The van der Waals surface area contributed by atoms with Gasteiger partial charge < -0.3 is 5.73 Å². The predicted octanol–water partition coefficient (Wildman–Crippen LogP) is 1.05. The topological polar surface area (TPSA) is 27.6 Å². The lowest BCUT2D eigenvalue weighted by atomic mass is 10.0. The molecule has 0 radical (unpaired) electrons. The van der Waals surface area contributed by atoms with Crippen LogP contribution in [0, 0.1) is 5.92 Å². The molecular weight excluding hydrogens is 98.1 g/mol. The van der Waals surface area contributed by atoms with E-state index in [0.717, 1.165) is 5.92 Å². The first kappa shape index (κ1) is 7.96. The zero-order valence-electron chi connectivity index (χ0n) is 6.28. The summed E-state index contributed by atoms with van der Waals surface area (Å²) in [7, 11) is 0. The lowest BCUT2D eigenvalue weighted by molar-refractivity contribution is -0.417. The van der Waals surface area contributed by atoms with Crippen LogP contribution in [-0.2, 0) is 0 Å². The summed E-state index contributed by atoms with van der Waals surface area (Å²) in [4.78, 5) is 0. The third kappa shape index (κ3) is 4.13. The van der Waals surface area contributed by atoms with Crippen LogP contribution in [0.1, 0.15) is 33.6 Å². The molecule has 0 aliphatic rings. The molecule has 0 aliphatic heterocycles. The molecule has 0 fully saturated rings. The summed E-state index contributed by atoms with van der Waals surface area (Å²) < 4.78 is 0. The monoisotopic (exact) mass is 116 g/mol. The van der Waals surface area contributed by atoms with Gasteiger partial charge in [0.15, 0.2) is 0 Å². The molecule has 0 aromatic carbocycles. The molecule has 8 heavy (non-hydrogen) atoms. The summed E-state index contributed by atoms with van der Waals surface area (Å²) in [5, 5.41) is 0. The van der Waals surface area contributed by atoms with E-state index >= 15 is 0 Å². The Morgan fingerprint density at radius 1 is 1.38 bits per heavy atom. The molecule has 1 heteroatoms. The van der Waals surface area contributed by atoms with Gasteiger partial charge in [0.05, 0.1) is 6.04 Å². The molecule has 1 nitrogen and oxygen atoms in total. The van der Waals surface area contributed by atoms with Crippen LogP contribution >= 0.6 is 0 Å². The highest BCUT2D eigenvalue weighted by Crippen LogP contribution is 2.06. The van der Waals surface area contributed by atoms with Crippen molar-refractivity contribution in [3.8, 4) is 0 Å². The highest BCUT2D eigenvalue weighted by Gasteiger charge is 2.03. The molecule has 3 N–H and O–H groups in total. The average molecular weight is 116 g/mol. The number of hydrogen-bond acceptors (Lipinski definition) is 0. The summed E-state index contributed by atoms with van der Waals surface area (Å²) in [6.07, 6.45) is 2.57. The predicted molar refractivity (Wildman–Crippen MR) is 36.4 cm³/mol. The van der Waals surface area contributed by atoms with Gasteiger partial charge in [-0.25, -0.2) is 0 Å². The Bertz CT molecular complexity index is 50.3. The summed E-state index contributed by atoms with van der Waals surface area (Å²) in [6, 6.07) is 0.630. The largest absolute Gasteiger partial charge is 0.355 e. The molecule has 0 bridgehead atoms. The van der Waals surface area contributed by atoms with Crippen molar-refractivity contribution in [1.29, 1.82) is 0 Å². The molecule has 0 aliphatic carbocycles. The fraction of sp³-hybridized carbons (Fsp3) is 1.00. The Hall–Kier alpha value is -0.0400. The Morgan fingerprint density at radius 2 is 1.88 bits per heavy atom. The van der Waals surface area contributed by atoms with Crippen molar-refractivity contribution in [3.63, 3.8) is 0 Å². The van der Waals surface area contributed by atoms with Gasteiger partial charge in [0.2, 0.25) is 0 Å². The standard InChI is InChI=1S/C7H17N/c1-4-6(2)5-7(3)8/h6-7H,4-5,8H2,1-3H3/p+1/t6-,7+/m0/s1. The Kier molecular flexibility index (Phi) is 3.88. The lowest BCUT2D eigenvalue weighted by Crippen LogP contribution is -2.59. The minimum Gasteiger partial charge on any atom is -0.355 e. The summed E-state index contributed by atoms with van der Waals surface area (Å²) in [5.41, 5.74) is 3.93. The van der Waals surface area contributed by atoms with Crippen LogP contribution in [0.2, 0.25) is 0 Å². The van der Waals surface area contributed by atoms with Gasteiger partial charge in [0.1, 0.15) is 0 Å². The molecular formula is C7H18N+. The molecule has 0 heterocycles. The minimum atomic E-state index is 0.630. The maximum absolute atomic E-state index is 3.93. The van der Waals surface area contributed by atoms with E-state index in [0.29, 0.717) is 6.04 Å². The van der Waals surface area contributed by atoms with Crippen LogP contribution in [0.25, 0.3) is 0 Å². The fourth-order valence-corrected chi connectivity index (χ4v) is 0.854. The van der Waals surface area contributed by atoms with Crippen molar-refractivity contribution in [3.05, 3.63) is 0 Å². The van der Waals surface area contributed by atoms with E-state index in [-0.39, 0.29) is 0 Å². The molecule has 0 aromatic heterocycles. The van der Waals surface area contributed by atoms with E-state index in [1.54, 1.807) is 0 Å². The third-order valence-electron chi connectivity index (χ3n) is 1.50. The van der Waals surface area contributed by atoms with E-state index < -0.39 is 0 Å². The van der Waals surface area contributed by atoms with Gasteiger partial charge in [-0.3, -0.25) is 0 Å². The summed E-state index contributed by atoms with van der Waals surface area (Å²) in [6.45, 7) is 6.68. The van der Waals surface area contributed by atoms with Crippen molar-refractivity contribution in [1.82, 2.24) is 0 Å². The molecule has 50 valence electrons. The second kappa shape index (κ2) is 3.90. The summed E-state index contributed by atoms with van der Waals surface area (Å²) in [5.74, 6) is 0.863. The highest BCUT2D eigenvalue weighted by atomic mass is 14.6. The van der Waals surface area contributed by atoms with E-state index in [1.165, 1.54) is 12.8 Å². The van der Waals surface area contributed by atoms with E-state index in [2.05, 4.69) is 26.5 Å². The number of rotatable bonds is 3. The maximum Gasteiger partial charge on any atom is 0.0817 e. The number of quaternary nitrogens is 1. The SMILES string of the molecule is CC[C@H](C)C[C@@H](C)[NH3+]. The zero-order chi connectivity index (χ0) is 6.57. The van der Waals surface area contributed by atoms with Gasteiger partial charge in [0.25, 0.3) is 0 Å². The van der Waals surface area contributed by atoms with Crippen molar-refractivity contribution < 1.29 is 5.73 Å². The van der Waals surface area contributed by atoms with Crippen LogP contribution in [0.15, 0.2) is 0 Å². The maximum atomic E-state index is 3.93. The molecule has 0 rings (SSSR count). The molecule has 0 aromatic rings. The Balaban J connectivity index is 3.10. The lowest BCUT2D eigenvalue weighted by Gasteiger charge is -2.07. The van der Waals surface area contributed by atoms with Gasteiger partial charge in [-0.2, -0.15) is 0 Å². The average Bonchev–Trinajstić information content (AvgIpc) is 1.65. The van der Waals surface area contributed by atoms with E-state index in [4.69, 9.17) is 0 Å². The van der Waals surface area contributed by atoms with Crippen LogP contribution in [0.3, 0.4) is 0 Å². The Morgan fingerprint density at radius 3 is 2.00 bits per heavy atom. The van der Waals surface area contributed by atoms with Gasteiger partial charge in [0, 0.05) is 6.42 Å². The first-order chi connectivity index (χ1) is 3.66. The van der Waals surface area contributed by atoms with E-state index in [9.17, 15) is 0 Å². The molecule has 0 amide bonds. The van der Waals surface area contributed by atoms with Crippen LogP contribution in [-0.4, -0.2) is 6.04 Å². The number of hydrogen-bond donors (Lipinski definition) is 1. The zero-order valence-corrected chi connectivity index (χ0v) is 6.28. The molecule has 0 saturated carbocycles. The second-order valence-electron chi connectivity index (χ2n) is 2.85. The van der Waals surface area contributed by atoms with Crippen molar-refractivity contribution in [2.24, 2.45) is 5.92 Å². The van der Waals surface area contributed by atoms with Crippen molar-refractivity contribution >= 4 is 0 Å². The first-order valence-corrected chi connectivity index (χ1v) is 3.49. The second-order valence-corrected chi connectivity index (χ2v) is 2.85. The highest BCUT2D eigenvalue weighted by molar-refractivity contribution is 4.52. The molecule has 0 spiro atoms. The fourth-order valence-electron chi connectivity index (χ4n) is 0.854. The van der Waals surface area contributed by atoms with E-state index in [1.807, 2.05) is 0 Å². The quantitative estimate of drug-likeness (QED) is 0.571. The minimum absolute atomic E-state index is 0.630. The van der Waals surface area contributed by atoms with Gasteiger partial charge in [-0.1, -0.05) is 20.3 Å². The normalized spacial score (nSPS) is 18.0. The van der Waals surface area contributed by atoms with Crippen LogP contribution in [0.4, 0.5) is 0 Å². The molecule has 2 atom stereocenters. The van der Waals surface area contributed by atoms with Crippen molar-refractivity contribution in [2.75, 3.05) is 0 Å². The van der Waals surface area contributed by atoms with Gasteiger partial charge >= 0.3 is 0 Å².